The maximum atomic E-state index is 13.6. The van der Waals surface area contributed by atoms with Gasteiger partial charge in [0, 0.05) is 5.92 Å². The predicted octanol–water partition coefficient (Wildman–Crippen LogP) is 5.94. The zero-order valence-electron chi connectivity index (χ0n) is 18.4. The number of fused-ring (bicyclic) bond motifs is 10. The summed E-state index contributed by atoms with van der Waals surface area (Å²) in [5.41, 5.74) is -0.136. The van der Waals surface area contributed by atoms with Crippen LogP contribution in [0.4, 0.5) is 0 Å². The van der Waals surface area contributed by atoms with Crippen molar-refractivity contribution in [3.63, 3.8) is 0 Å². The summed E-state index contributed by atoms with van der Waals surface area (Å²) < 4.78 is 6.71. The Morgan fingerprint density at radius 2 is 1.64 bits per heavy atom. The monoisotopic (exact) mass is 384 g/mol. The van der Waals surface area contributed by atoms with Crippen LogP contribution < -0.4 is 0 Å². The van der Waals surface area contributed by atoms with Crippen LogP contribution in [0.2, 0.25) is 0 Å². The van der Waals surface area contributed by atoms with Gasteiger partial charge in [-0.25, -0.2) is 0 Å². The summed E-state index contributed by atoms with van der Waals surface area (Å²) in [5, 5.41) is 0. The van der Waals surface area contributed by atoms with Crippen LogP contribution in [0.5, 0.6) is 0 Å². The van der Waals surface area contributed by atoms with Gasteiger partial charge in [0.1, 0.15) is 5.60 Å². The molecule has 12 atom stereocenters. The fourth-order valence-corrected chi connectivity index (χ4v) is 10.6. The number of rotatable bonds is 3. The van der Waals surface area contributed by atoms with E-state index in [0.717, 1.165) is 53.8 Å². The Morgan fingerprint density at radius 3 is 2.43 bits per heavy atom. The Kier molecular flexibility index (Phi) is 3.92. The molecule has 0 heterocycles. The van der Waals surface area contributed by atoms with E-state index in [9.17, 15) is 4.79 Å². The van der Waals surface area contributed by atoms with Crippen molar-refractivity contribution in [2.75, 3.05) is 0 Å². The van der Waals surface area contributed by atoms with E-state index in [0.29, 0.717) is 17.8 Å². The highest BCUT2D eigenvalue weighted by atomic mass is 16.6. The van der Waals surface area contributed by atoms with Gasteiger partial charge in [-0.15, -0.1) is 0 Å². The molecule has 0 spiro atoms. The molecule has 6 rings (SSSR count). The number of carbonyl (C=O) groups is 1. The van der Waals surface area contributed by atoms with Gasteiger partial charge in [0.25, 0.3) is 0 Å². The zero-order chi connectivity index (χ0) is 19.4. The molecule has 4 bridgehead atoms. The third-order valence-electron chi connectivity index (χ3n) is 11.3. The molecule has 6 aliphatic carbocycles. The molecule has 2 heteroatoms. The molecule has 0 amide bonds. The van der Waals surface area contributed by atoms with Gasteiger partial charge >= 0.3 is 5.97 Å². The molecular weight excluding hydrogens is 344 g/mol. The maximum Gasteiger partial charge on any atom is 0.309 e. The van der Waals surface area contributed by atoms with Crippen LogP contribution >= 0.6 is 0 Å². The summed E-state index contributed by atoms with van der Waals surface area (Å²) >= 11 is 0. The SMILES string of the molecule is CC1CC(C)C2C3CC(CC3C(=O)OC3(C(C)C)CC4CC3C3CCCC43)C12. The van der Waals surface area contributed by atoms with Gasteiger partial charge in [-0.05, 0) is 104 Å². The number of hydrogen-bond donors (Lipinski definition) is 0. The van der Waals surface area contributed by atoms with Gasteiger partial charge in [0.2, 0.25) is 0 Å². The summed E-state index contributed by atoms with van der Waals surface area (Å²) in [6.07, 6.45) is 10.6. The summed E-state index contributed by atoms with van der Waals surface area (Å²) in [4.78, 5) is 13.6. The third kappa shape index (κ3) is 2.19. The molecule has 28 heavy (non-hydrogen) atoms. The molecule has 0 radical (unpaired) electrons. The fourth-order valence-electron chi connectivity index (χ4n) is 10.6. The lowest BCUT2D eigenvalue weighted by Crippen LogP contribution is -2.50. The standard InChI is InChI=1S/C26H40O2/c1-13(2)26(12-17-11-22(26)19-7-5-6-18(17)19)28-25(27)21-10-16-9-20(21)24-15(4)8-14(3)23(16)24/h13-24H,5-12H2,1-4H3. The Bertz CT molecular complexity index is 669. The van der Waals surface area contributed by atoms with E-state index >= 15 is 0 Å². The van der Waals surface area contributed by atoms with E-state index in [2.05, 4.69) is 27.7 Å². The van der Waals surface area contributed by atoms with Crippen molar-refractivity contribution in [2.45, 2.75) is 84.7 Å². The molecule has 0 aromatic carbocycles. The van der Waals surface area contributed by atoms with Crippen LogP contribution in [-0.2, 0) is 9.53 Å². The molecule has 156 valence electrons. The van der Waals surface area contributed by atoms with Crippen LogP contribution in [0.3, 0.4) is 0 Å². The average molecular weight is 385 g/mol. The van der Waals surface area contributed by atoms with Crippen molar-refractivity contribution in [3.05, 3.63) is 0 Å². The number of ether oxygens (including phenoxy) is 1. The van der Waals surface area contributed by atoms with E-state index < -0.39 is 0 Å². The topological polar surface area (TPSA) is 26.3 Å². The molecule has 12 unspecified atom stereocenters. The molecule has 0 aromatic rings. The first-order valence-electron chi connectivity index (χ1n) is 12.6. The Morgan fingerprint density at radius 1 is 0.893 bits per heavy atom. The molecule has 6 fully saturated rings. The highest BCUT2D eigenvalue weighted by Crippen LogP contribution is 2.67. The summed E-state index contributed by atoms with van der Waals surface area (Å²) in [6.45, 7) is 9.58. The number of hydrogen-bond acceptors (Lipinski definition) is 2. The molecule has 0 aliphatic heterocycles. The molecule has 0 saturated heterocycles. The van der Waals surface area contributed by atoms with Crippen molar-refractivity contribution in [1.29, 1.82) is 0 Å². The van der Waals surface area contributed by atoms with Gasteiger partial charge in [-0.2, -0.15) is 0 Å². The van der Waals surface area contributed by atoms with Crippen LogP contribution in [0.25, 0.3) is 0 Å². The van der Waals surface area contributed by atoms with Gasteiger partial charge in [0.15, 0.2) is 0 Å². The number of esters is 1. The molecule has 2 nitrogen and oxygen atoms in total. The van der Waals surface area contributed by atoms with Crippen molar-refractivity contribution in [1.82, 2.24) is 0 Å². The first kappa shape index (κ1) is 18.3. The van der Waals surface area contributed by atoms with E-state index in [4.69, 9.17) is 4.74 Å². The van der Waals surface area contributed by atoms with Crippen LogP contribution in [0.15, 0.2) is 0 Å². The third-order valence-corrected chi connectivity index (χ3v) is 11.3. The van der Waals surface area contributed by atoms with E-state index in [-0.39, 0.29) is 17.5 Å². The summed E-state index contributed by atoms with van der Waals surface area (Å²) in [5.74, 6) is 9.04. The van der Waals surface area contributed by atoms with Crippen molar-refractivity contribution in [2.24, 2.45) is 71.0 Å². The highest BCUT2D eigenvalue weighted by Gasteiger charge is 2.65. The van der Waals surface area contributed by atoms with Gasteiger partial charge < -0.3 is 4.74 Å². The lowest BCUT2D eigenvalue weighted by molar-refractivity contribution is -0.186. The van der Waals surface area contributed by atoms with Crippen molar-refractivity contribution < 1.29 is 9.53 Å². The highest BCUT2D eigenvalue weighted by molar-refractivity contribution is 5.74. The fraction of sp³-hybridized carbons (Fsp3) is 0.962. The van der Waals surface area contributed by atoms with E-state index in [1.165, 1.54) is 44.9 Å². The molecule has 0 N–H and O–H groups in total. The minimum atomic E-state index is -0.136. The maximum absolute atomic E-state index is 13.6. The Balaban J connectivity index is 1.23. The first-order chi connectivity index (χ1) is 13.4. The second-order valence-electron chi connectivity index (χ2n) is 12.4. The number of carbonyl (C=O) groups excluding carboxylic acids is 1. The minimum absolute atomic E-state index is 0.136. The molecule has 6 saturated carbocycles. The lowest BCUT2D eigenvalue weighted by atomic mass is 9.68. The van der Waals surface area contributed by atoms with Crippen LogP contribution in [0.1, 0.15) is 79.1 Å². The van der Waals surface area contributed by atoms with Gasteiger partial charge in [-0.3, -0.25) is 4.79 Å². The predicted molar refractivity (Wildman–Crippen MR) is 110 cm³/mol. The lowest BCUT2D eigenvalue weighted by Gasteiger charge is -2.46. The molecule has 0 aromatic heterocycles. The van der Waals surface area contributed by atoms with Gasteiger partial charge in [0.05, 0.1) is 5.92 Å². The second kappa shape index (κ2) is 6.01. The molecular formula is C26H40O2. The molecule has 6 aliphatic rings. The first-order valence-corrected chi connectivity index (χ1v) is 12.6. The largest absolute Gasteiger partial charge is 0.458 e. The smallest absolute Gasteiger partial charge is 0.309 e. The van der Waals surface area contributed by atoms with E-state index in [1.807, 2.05) is 0 Å². The Hall–Kier alpha value is -0.530. The summed E-state index contributed by atoms with van der Waals surface area (Å²) in [6, 6.07) is 0. The van der Waals surface area contributed by atoms with Crippen molar-refractivity contribution >= 4 is 5.97 Å². The van der Waals surface area contributed by atoms with Gasteiger partial charge in [-0.1, -0.05) is 34.1 Å². The zero-order valence-corrected chi connectivity index (χ0v) is 18.4. The Labute approximate surface area is 171 Å². The van der Waals surface area contributed by atoms with E-state index in [1.54, 1.807) is 0 Å². The quantitative estimate of drug-likeness (QED) is 0.562. The normalized spacial score (nSPS) is 58.5. The van der Waals surface area contributed by atoms with Crippen LogP contribution in [-0.4, -0.2) is 11.6 Å². The second-order valence-corrected chi connectivity index (χ2v) is 12.4. The summed E-state index contributed by atoms with van der Waals surface area (Å²) in [7, 11) is 0. The minimum Gasteiger partial charge on any atom is -0.458 e. The van der Waals surface area contributed by atoms with Crippen molar-refractivity contribution in [3.8, 4) is 0 Å². The average Bonchev–Trinajstić information content (AvgIpc) is 3.43. The van der Waals surface area contributed by atoms with Crippen LogP contribution in [0, 0.1) is 71.0 Å².